The first kappa shape index (κ1) is 11.4. The van der Waals surface area contributed by atoms with Gasteiger partial charge in [0.2, 0.25) is 0 Å². The van der Waals surface area contributed by atoms with E-state index >= 15 is 0 Å². The Morgan fingerprint density at radius 2 is 1.93 bits per heavy atom. The molecular formula is C11H11Cl2N. The molecule has 0 aliphatic carbocycles. The second-order valence-electron chi connectivity index (χ2n) is 3.07. The summed E-state index contributed by atoms with van der Waals surface area (Å²) in [5.41, 5.74) is 6.67. The first-order valence-electron chi connectivity index (χ1n) is 4.27. The Kier molecular flexibility index (Phi) is 4.28. The van der Waals surface area contributed by atoms with Crippen molar-refractivity contribution in [2.75, 3.05) is 0 Å². The lowest BCUT2D eigenvalue weighted by Crippen LogP contribution is -2.22. The van der Waals surface area contributed by atoms with Crippen LogP contribution in [0.4, 0.5) is 0 Å². The van der Waals surface area contributed by atoms with Crippen molar-refractivity contribution in [2.45, 2.75) is 18.9 Å². The van der Waals surface area contributed by atoms with E-state index in [-0.39, 0.29) is 6.04 Å². The molecule has 0 amide bonds. The molecule has 0 fully saturated rings. The number of nitrogens with two attached hydrogens (primary N) is 1. The molecule has 0 spiro atoms. The van der Waals surface area contributed by atoms with Gasteiger partial charge in [-0.2, -0.15) is 0 Å². The Hall–Kier alpha value is -0.680. The van der Waals surface area contributed by atoms with Crippen LogP contribution in [-0.4, -0.2) is 6.04 Å². The molecular weight excluding hydrogens is 217 g/mol. The molecule has 1 rings (SSSR count). The number of rotatable bonds is 3. The molecule has 0 aliphatic heterocycles. The largest absolute Gasteiger partial charge is 0.327 e. The third-order valence-electron chi connectivity index (χ3n) is 1.91. The van der Waals surface area contributed by atoms with Crippen LogP contribution in [0.15, 0.2) is 18.2 Å². The number of hydrogen-bond donors (Lipinski definition) is 1. The molecule has 0 radical (unpaired) electrons. The summed E-state index contributed by atoms with van der Waals surface area (Å²) in [5.74, 6) is 2.52. The Bertz CT molecular complexity index is 335. The summed E-state index contributed by atoms with van der Waals surface area (Å²) in [4.78, 5) is 0. The van der Waals surface area contributed by atoms with Crippen molar-refractivity contribution in [3.8, 4) is 12.3 Å². The van der Waals surface area contributed by atoms with E-state index in [1.807, 2.05) is 0 Å². The highest BCUT2D eigenvalue weighted by molar-refractivity contribution is 6.35. The lowest BCUT2D eigenvalue weighted by Gasteiger charge is -2.11. The van der Waals surface area contributed by atoms with Crippen molar-refractivity contribution in [2.24, 2.45) is 5.73 Å². The third-order valence-corrected chi connectivity index (χ3v) is 2.62. The van der Waals surface area contributed by atoms with Gasteiger partial charge in [-0.05, 0) is 24.1 Å². The second-order valence-corrected chi connectivity index (χ2v) is 3.89. The van der Waals surface area contributed by atoms with Crippen LogP contribution in [0.5, 0.6) is 0 Å². The predicted molar refractivity (Wildman–Crippen MR) is 61.6 cm³/mol. The topological polar surface area (TPSA) is 26.0 Å². The fourth-order valence-electron chi connectivity index (χ4n) is 1.21. The molecule has 1 aromatic carbocycles. The van der Waals surface area contributed by atoms with E-state index in [2.05, 4.69) is 5.92 Å². The maximum atomic E-state index is 5.98. The lowest BCUT2D eigenvalue weighted by atomic mass is 10.0. The summed E-state index contributed by atoms with van der Waals surface area (Å²) in [7, 11) is 0. The Morgan fingerprint density at radius 1 is 1.36 bits per heavy atom. The standard InChI is InChI=1S/C11H11Cl2N/c1-2-4-8(14)7-9-10(12)5-3-6-11(9)13/h1,3,5-6,8H,4,7,14H2. The number of benzene rings is 1. The molecule has 0 bridgehead atoms. The van der Waals surface area contributed by atoms with Crippen molar-refractivity contribution in [1.29, 1.82) is 0 Å². The number of hydrogen-bond acceptors (Lipinski definition) is 1. The minimum atomic E-state index is -0.0857. The molecule has 1 nitrogen and oxygen atoms in total. The van der Waals surface area contributed by atoms with E-state index in [1.165, 1.54) is 0 Å². The van der Waals surface area contributed by atoms with E-state index < -0.39 is 0 Å². The van der Waals surface area contributed by atoms with Gasteiger partial charge in [0.05, 0.1) is 0 Å². The summed E-state index contributed by atoms with van der Waals surface area (Å²) in [5, 5.41) is 1.29. The van der Waals surface area contributed by atoms with E-state index in [4.69, 9.17) is 35.4 Å². The zero-order valence-corrected chi connectivity index (χ0v) is 9.15. The van der Waals surface area contributed by atoms with Crippen LogP contribution in [-0.2, 0) is 6.42 Å². The summed E-state index contributed by atoms with van der Waals surface area (Å²) in [6, 6.07) is 5.31. The molecule has 1 atom stereocenters. The fourth-order valence-corrected chi connectivity index (χ4v) is 1.76. The zero-order chi connectivity index (χ0) is 10.6. The van der Waals surface area contributed by atoms with Crippen LogP contribution >= 0.6 is 23.2 Å². The average Bonchev–Trinajstić information content (AvgIpc) is 2.12. The summed E-state index contributed by atoms with van der Waals surface area (Å²) >= 11 is 12.0. The normalized spacial score (nSPS) is 12.1. The maximum Gasteiger partial charge on any atom is 0.0453 e. The highest BCUT2D eigenvalue weighted by Gasteiger charge is 2.09. The molecule has 1 unspecified atom stereocenters. The summed E-state index contributed by atoms with van der Waals surface area (Å²) in [6.45, 7) is 0. The molecule has 0 heterocycles. The second kappa shape index (κ2) is 5.26. The van der Waals surface area contributed by atoms with Gasteiger partial charge in [-0.1, -0.05) is 29.3 Å². The van der Waals surface area contributed by atoms with Gasteiger partial charge in [0, 0.05) is 22.5 Å². The Balaban J connectivity index is 2.81. The van der Waals surface area contributed by atoms with Crippen LogP contribution in [0.2, 0.25) is 10.0 Å². The van der Waals surface area contributed by atoms with Crippen molar-refractivity contribution in [3.05, 3.63) is 33.8 Å². The van der Waals surface area contributed by atoms with Crippen LogP contribution in [0.1, 0.15) is 12.0 Å². The summed E-state index contributed by atoms with van der Waals surface area (Å²) < 4.78 is 0. The average molecular weight is 228 g/mol. The number of terminal acetylenes is 1. The van der Waals surface area contributed by atoms with Crippen molar-refractivity contribution in [3.63, 3.8) is 0 Å². The van der Waals surface area contributed by atoms with Crippen molar-refractivity contribution in [1.82, 2.24) is 0 Å². The molecule has 0 aromatic heterocycles. The van der Waals surface area contributed by atoms with Gasteiger partial charge < -0.3 is 5.73 Å². The smallest absolute Gasteiger partial charge is 0.0453 e. The van der Waals surface area contributed by atoms with Gasteiger partial charge in [0.15, 0.2) is 0 Å². The van der Waals surface area contributed by atoms with Crippen molar-refractivity contribution >= 4 is 23.2 Å². The van der Waals surface area contributed by atoms with Gasteiger partial charge in [0.1, 0.15) is 0 Å². The highest BCUT2D eigenvalue weighted by atomic mass is 35.5. The molecule has 3 heteroatoms. The molecule has 1 aromatic rings. The molecule has 0 saturated carbocycles. The Labute approximate surface area is 94.2 Å². The van der Waals surface area contributed by atoms with Gasteiger partial charge in [-0.15, -0.1) is 12.3 Å². The van der Waals surface area contributed by atoms with Crippen LogP contribution in [0, 0.1) is 12.3 Å². The van der Waals surface area contributed by atoms with Gasteiger partial charge in [0.25, 0.3) is 0 Å². The van der Waals surface area contributed by atoms with E-state index in [9.17, 15) is 0 Å². The monoisotopic (exact) mass is 227 g/mol. The number of halogens is 2. The molecule has 0 aliphatic rings. The van der Waals surface area contributed by atoms with E-state index in [0.29, 0.717) is 22.9 Å². The summed E-state index contributed by atoms with van der Waals surface area (Å²) in [6.07, 6.45) is 6.31. The van der Waals surface area contributed by atoms with E-state index in [0.717, 1.165) is 5.56 Å². The van der Waals surface area contributed by atoms with Crippen LogP contribution in [0.25, 0.3) is 0 Å². The Morgan fingerprint density at radius 3 is 2.43 bits per heavy atom. The first-order valence-corrected chi connectivity index (χ1v) is 5.02. The molecule has 0 saturated heterocycles. The minimum absolute atomic E-state index is 0.0857. The first-order chi connectivity index (χ1) is 6.65. The van der Waals surface area contributed by atoms with Crippen molar-refractivity contribution < 1.29 is 0 Å². The molecule has 2 N–H and O–H groups in total. The molecule has 74 valence electrons. The highest BCUT2D eigenvalue weighted by Crippen LogP contribution is 2.25. The van der Waals surface area contributed by atoms with Crippen LogP contribution < -0.4 is 5.73 Å². The predicted octanol–water partition coefficient (Wildman–Crippen LogP) is 2.89. The quantitative estimate of drug-likeness (QED) is 0.791. The lowest BCUT2D eigenvalue weighted by molar-refractivity contribution is 0.689. The van der Waals surface area contributed by atoms with Gasteiger partial charge in [-0.3, -0.25) is 0 Å². The minimum Gasteiger partial charge on any atom is -0.327 e. The van der Waals surface area contributed by atoms with E-state index in [1.54, 1.807) is 18.2 Å². The van der Waals surface area contributed by atoms with Gasteiger partial charge >= 0.3 is 0 Å². The third kappa shape index (κ3) is 2.92. The molecule has 14 heavy (non-hydrogen) atoms. The SMILES string of the molecule is C#CCC(N)Cc1c(Cl)cccc1Cl. The van der Waals surface area contributed by atoms with Gasteiger partial charge in [-0.25, -0.2) is 0 Å². The van der Waals surface area contributed by atoms with Crippen LogP contribution in [0.3, 0.4) is 0 Å². The maximum absolute atomic E-state index is 5.98. The fraction of sp³-hybridized carbons (Fsp3) is 0.273. The zero-order valence-electron chi connectivity index (χ0n) is 7.63.